The van der Waals surface area contributed by atoms with Gasteiger partial charge in [-0.25, -0.2) is 9.19 Å². The van der Waals surface area contributed by atoms with Crippen molar-refractivity contribution in [3.63, 3.8) is 0 Å². The van der Waals surface area contributed by atoms with Crippen molar-refractivity contribution in [2.45, 2.75) is 31.5 Å². The van der Waals surface area contributed by atoms with Gasteiger partial charge in [0.05, 0.1) is 29.7 Å². The van der Waals surface area contributed by atoms with Crippen LogP contribution in [-0.2, 0) is 15.3 Å². The Morgan fingerprint density at radius 3 is 2.85 bits per heavy atom. The Morgan fingerprint density at radius 2 is 2.09 bits per heavy atom. The fourth-order valence-corrected chi connectivity index (χ4v) is 5.05. The van der Waals surface area contributed by atoms with Gasteiger partial charge in [-0.1, -0.05) is 17.9 Å². The molecule has 34 heavy (non-hydrogen) atoms. The summed E-state index contributed by atoms with van der Waals surface area (Å²) in [5.41, 5.74) is 3.09. The van der Waals surface area contributed by atoms with Crippen molar-refractivity contribution >= 4 is 28.0 Å². The number of halogens is 2. The molecule has 5 rings (SSSR count). The number of benzene rings is 2. The highest BCUT2D eigenvalue weighted by atomic mass is 32.2. The fraction of sp³-hybridized carbons (Fsp3) is 0.333. The highest BCUT2D eigenvalue weighted by Crippen LogP contribution is 2.49. The molecule has 1 aromatic heterocycles. The van der Waals surface area contributed by atoms with Crippen molar-refractivity contribution in [3.8, 4) is 17.6 Å². The molecule has 0 N–H and O–H groups in total. The van der Waals surface area contributed by atoms with Crippen molar-refractivity contribution in [2.24, 2.45) is 0 Å². The van der Waals surface area contributed by atoms with Crippen LogP contribution in [0.1, 0.15) is 52.2 Å². The van der Waals surface area contributed by atoms with E-state index in [0.29, 0.717) is 29.8 Å². The lowest BCUT2D eigenvalue weighted by Gasteiger charge is -2.24. The lowest BCUT2D eigenvalue weighted by atomic mass is 9.97. The topological polar surface area (TPSA) is 73.7 Å². The summed E-state index contributed by atoms with van der Waals surface area (Å²) in [5, 5.41) is 0. The molecule has 3 unspecified atom stereocenters. The second-order valence-corrected chi connectivity index (χ2v) is 9.14. The Labute approximate surface area is 197 Å². The molecule has 2 aliphatic heterocycles. The quantitative estimate of drug-likeness (QED) is 0.406. The van der Waals surface area contributed by atoms with Gasteiger partial charge in [-0.15, -0.1) is 0 Å². The average molecular weight is 486 g/mol. The Kier molecular flexibility index (Phi) is 5.83. The third-order valence-electron chi connectivity index (χ3n) is 6.12. The van der Waals surface area contributed by atoms with Gasteiger partial charge in [0.15, 0.2) is 11.1 Å². The Hall–Kier alpha value is -3.29. The van der Waals surface area contributed by atoms with Crippen molar-refractivity contribution in [2.75, 3.05) is 19.9 Å². The van der Waals surface area contributed by atoms with Crippen molar-refractivity contribution in [1.29, 1.82) is 0 Å². The van der Waals surface area contributed by atoms with E-state index < -0.39 is 17.7 Å². The van der Waals surface area contributed by atoms with Crippen molar-refractivity contribution < 1.29 is 26.7 Å². The summed E-state index contributed by atoms with van der Waals surface area (Å²) in [6.07, 6.45) is 2.40. The summed E-state index contributed by atoms with van der Waals surface area (Å²) in [6, 6.07) is 9.62. The molecule has 3 aromatic rings. The largest absolute Gasteiger partial charge is 0.434 e. The van der Waals surface area contributed by atoms with E-state index in [1.807, 2.05) is 22.8 Å². The van der Waals surface area contributed by atoms with Gasteiger partial charge in [-0.05, 0) is 30.3 Å². The summed E-state index contributed by atoms with van der Waals surface area (Å²) >= 11 is -1.32. The van der Waals surface area contributed by atoms with Gasteiger partial charge in [0.2, 0.25) is 0 Å². The number of hydrogen-bond acceptors (Lipinski definition) is 5. The second kappa shape index (κ2) is 8.81. The van der Waals surface area contributed by atoms with Crippen molar-refractivity contribution in [1.82, 2.24) is 14.5 Å². The van der Waals surface area contributed by atoms with E-state index in [9.17, 15) is 17.8 Å². The number of rotatable bonds is 5. The van der Waals surface area contributed by atoms with Crippen LogP contribution in [-0.4, -0.2) is 51.1 Å². The molecule has 0 saturated carbocycles. The van der Waals surface area contributed by atoms with Gasteiger partial charge < -0.3 is 14.2 Å². The first-order chi connectivity index (χ1) is 16.3. The smallest absolute Gasteiger partial charge is 0.387 e. The minimum atomic E-state index is -3.00. The Balaban J connectivity index is 1.60. The third-order valence-corrected chi connectivity index (χ3v) is 6.61. The summed E-state index contributed by atoms with van der Waals surface area (Å²) in [4.78, 5) is 19.5. The Morgan fingerprint density at radius 1 is 1.26 bits per heavy atom. The first kappa shape index (κ1) is 22.5. The number of carbonyl (C=O) groups is 1. The van der Waals surface area contributed by atoms with E-state index in [0.717, 1.165) is 16.6 Å². The van der Waals surface area contributed by atoms with Crippen LogP contribution in [0.3, 0.4) is 0 Å². The molecule has 3 atom stereocenters. The fourth-order valence-electron chi connectivity index (χ4n) is 4.73. The van der Waals surface area contributed by atoms with Crippen LogP contribution < -0.4 is 4.74 Å². The van der Waals surface area contributed by atoms with Gasteiger partial charge in [0.25, 0.3) is 5.91 Å². The number of carbonyl (C=O) groups excluding carboxylic acids is 1. The molecule has 1 amide bonds. The van der Waals surface area contributed by atoms with Gasteiger partial charge in [0.1, 0.15) is 11.6 Å². The molecule has 0 radical (unpaired) electrons. The molecular weight excluding hydrogens is 464 g/mol. The molecule has 7 nitrogen and oxygen atoms in total. The number of hydrogen-bond donors (Lipinski definition) is 0. The van der Waals surface area contributed by atoms with E-state index in [1.54, 1.807) is 24.1 Å². The summed E-state index contributed by atoms with van der Waals surface area (Å²) in [7, 11) is 1.71. The maximum atomic E-state index is 13.2. The van der Waals surface area contributed by atoms with Gasteiger partial charge in [-0.2, -0.15) is 8.78 Å². The lowest BCUT2D eigenvalue weighted by Crippen LogP contribution is -2.30. The van der Waals surface area contributed by atoms with E-state index in [1.165, 1.54) is 12.3 Å². The molecule has 3 heterocycles. The van der Waals surface area contributed by atoms with Crippen LogP contribution in [0.25, 0.3) is 11.0 Å². The number of nitrogens with zero attached hydrogens (tertiary/aromatic N) is 3. The number of amides is 1. The zero-order valence-corrected chi connectivity index (χ0v) is 19.3. The standard InChI is InChI=1S/C24H21F2N3O4S/c1-28-19-13-18(21-15(23(28)30)7-5-8-20(21)33-24(25)26)29-17-12-14(6-3-4-11-32-34(2)31)9-10-16(17)27-22(19)29/h5,7-10,12,18-19,24H,4,11,13H2,1-2H3. The minimum absolute atomic E-state index is 0.00106. The first-order valence-corrected chi connectivity index (χ1v) is 12.2. The summed E-state index contributed by atoms with van der Waals surface area (Å²) in [5.74, 6) is 6.54. The molecule has 0 spiro atoms. The molecule has 2 bridgehead atoms. The van der Waals surface area contributed by atoms with E-state index in [4.69, 9.17) is 13.9 Å². The monoisotopic (exact) mass is 485 g/mol. The van der Waals surface area contributed by atoms with Gasteiger partial charge >= 0.3 is 6.61 Å². The third kappa shape index (κ3) is 3.85. The van der Waals surface area contributed by atoms with E-state index >= 15 is 0 Å². The maximum Gasteiger partial charge on any atom is 0.387 e. The van der Waals surface area contributed by atoms with Crippen molar-refractivity contribution in [3.05, 3.63) is 58.9 Å². The highest BCUT2D eigenvalue weighted by Gasteiger charge is 2.44. The van der Waals surface area contributed by atoms with Crippen LogP contribution in [0, 0.1) is 11.8 Å². The number of fused-ring (bicyclic) bond motifs is 9. The van der Waals surface area contributed by atoms with Gasteiger partial charge in [-0.3, -0.25) is 8.98 Å². The zero-order chi connectivity index (χ0) is 24.0. The summed E-state index contributed by atoms with van der Waals surface area (Å²) < 4.78 is 49.2. The Bertz CT molecular complexity index is 1380. The minimum Gasteiger partial charge on any atom is -0.434 e. The average Bonchev–Trinajstić information content (AvgIpc) is 3.31. The van der Waals surface area contributed by atoms with E-state index in [2.05, 4.69) is 11.8 Å². The number of aromatic nitrogens is 2. The lowest BCUT2D eigenvalue weighted by molar-refractivity contribution is -0.0507. The summed E-state index contributed by atoms with van der Waals surface area (Å²) in [6.45, 7) is -2.73. The number of imidazole rings is 1. The molecular formula is C24H21F2N3O4S. The predicted molar refractivity (Wildman–Crippen MR) is 122 cm³/mol. The second-order valence-electron chi connectivity index (χ2n) is 8.10. The molecule has 0 saturated heterocycles. The molecule has 0 aliphatic carbocycles. The SMILES string of the molecule is CN1C(=O)c2cccc(OC(F)F)c2C2CC1c1nc3ccc(C#CCCOS(C)=O)cc3n12. The van der Waals surface area contributed by atoms with Crippen LogP contribution in [0.5, 0.6) is 5.75 Å². The number of alkyl halides is 2. The highest BCUT2D eigenvalue weighted by molar-refractivity contribution is 7.79. The van der Waals surface area contributed by atoms with Crippen LogP contribution in [0.2, 0.25) is 0 Å². The molecule has 176 valence electrons. The zero-order valence-electron chi connectivity index (χ0n) is 18.5. The molecule has 0 fully saturated rings. The molecule has 10 heteroatoms. The normalized spacial score (nSPS) is 19.4. The predicted octanol–water partition coefficient (Wildman–Crippen LogP) is 3.81. The van der Waals surface area contributed by atoms with Crippen LogP contribution in [0.4, 0.5) is 8.78 Å². The van der Waals surface area contributed by atoms with Crippen LogP contribution >= 0.6 is 0 Å². The van der Waals surface area contributed by atoms with E-state index in [-0.39, 0.29) is 30.3 Å². The molecule has 2 aromatic carbocycles. The first-order valence-electron chi connectivity index (χ1n) is 10.7. The number of ether oxygens (including phenoxy) is 1. The van der Waals surface area contributed by atoms with Gasteiger partial charge in [0, 0.05) is 42.8 Å². The maximum absolute atomic E-state index is 13.2. The van der Waals surface area contributed by atoms with Crippen LogP contribution in [0.15, 0.2) is 36.4 Å². The molecule has 2 aliphatic rings.